The van der Waals surface area contributed by atoms with Crippen molar-refractivity contribution in [1.29, 1.82) is 0 Å². The molecule has 0 saturated heterocycles. The predicted octanol–water partition coefficient (Wildman–Crippen LogP) is 5.92. The van der Waals surface area contributed by atoms with Crippen LogP contribution < -0.4 is 15.8 Å². The summed E-state index contributed by atoms with van der Waals surface area (Å²) in [6.07, 6.45) is 14.8. The summed E-state index contributed by atoms with van der Waals surface area (Å²) >= 11 is 0. The van der Waals surface area contributed by atoms with E-state index in [0.29, 0.717) is 17.9 Å². The van der Waals surface area contributed by atoms with Crippen molar-refractivity contribution in [3.8, 4) is 5.75 Å². The summed E-state index contributed by atoms with van der Waals surface area (Å²) in [5.41, 5.74) is 7.11. The topological polar surface area (TPSA) is 64.3 Å². The van der Waals surface area contributed by atoms with Crippen LogP contribution in [0.25, 0.3) is 0 Å². The fraction of sp³-hybridized carbons (Fsp3) is 0.667. The van der Waals surface area contributed by atoms with Crippen LogP contribution in [-0.4, -0.2) is 13.0 Å². The Bertz CT molecular complexity index is 489. The van der Waals surface area contributed by atoms with Crippen LogP contribution in [0.2, 0.25) is 0 Å². The second-order valence-electron chi connectivity index (χ2n) is 6.79. The molecule has 142 valence electrons. The molecule has 0 aromatic heterocycles. The minimum Gasteiger partial charge on any atom is -0.495 e. The van der Waals surface area contributed by atoms with Crippen molar-refractivity contribution < 1.29 is 9.53 Å². The number of amides is 1. The van der Waals surface area contributed by atoms with Gasteiger partial charge in [0.25, 0.3) is 0 Å². The summed E-state index contributed by atoms with van der Waals surface area (Å²) in [6, 6.07) is 5.32. The summed E-state index contributed by atoms with van der Waals surface area (Å²) in [4.78, 5) is 12.0. The normalized spacial score (nSPS) is 10.6. The Balaban J connectivity index is 2.01. The molecule has 3 N–H and O–H groups in total. The highest BCUT2D eigenvalue weighted by molar-refractivity contribution is 5.91. The van der Waals surface area contributed by atoms with E-state index >= 15 is 0 Å². The number of nitrogen functional groups attached to an aromatic ring is 1. The van der Waals surface area contributed by atoms with Gasteiger partial charge in [0.05, 0.1) is 12.8 Å². The van der Waals surface area contributed by atoms with E-state index in [4.69, 9.17) is 10.5 Å². The van der Waals surface area contributed by atoms with E-state index in [1.807, 2.05) is 6.07 Å². The molecule has 0 fully saturated rings. The number of methoxy groups -OCH3 is 1. The lowest BCUT2D eigenvalue weighted by Gasteiger charge is -2.09. The van der Waals surface area contributed by atoms with Crippen molar-refractivity contribution in [3.63, 3.8) is 0 Å². The molecule has 0 radical (unpaired) electrons. The van der Waals surface area contributed by atoms with Crippen molar-refractivity contribution >= 4 is 17.3 Å². The molecule has 0 bridgehead atoms. The Morgan fingerprint density at radius 2 is 1.52 bits per heavy atom. The maximum atomic E-state index is 12.0. The Morgan fingerprint density at radius 3 is 2.04 bits per heavy atom. The summed E-state index contributed by atoms with van der Waals surface area (Å²) in [6.45, 7) is 2.26. The number of unbranched alkanes of at least 4 members (excludes halogenated alkanes) is 10. The van der Waals surface area contributed by atoms with Gasteiger partial charge in [-0.2, -0.15) is 0 Å². The zero-order valence-electron chi connectivity index (χ0n) is 16.1. The largest absolute Gasteiger partial charge is 0.495 e. The first kappa shape index (κ1) is 21.3. The molecular weight excluding hydrogens is 312 g/mol. The highest BCUT2D eigenvalue weighted by Gasteiger charge is 2.05. The first-order valence-electron chi connectivity index (χ1n) is 9.90. The molecule has 1 rings (SSSR count). The van der Waals surface area contributed by atoms with Gasteiger partial charge in [0.15, 0.2) is 0 Å². The maximum absolute atomic E-state index is 12.0. The molecule has 1 amide bonds. The third-order valence-electron chi connectivity index (χ3n) is 4.52. The molecule has 0 aliphatic rings. The van der Waals surface area contributed by atoms with Gasteiger partial charge in [0.2, 0.25) is 5.91 Å². The van der Waals surface area contributed by atoms with Crippen molar-refractivity contribution in [2.45, 2.75) is 84.0 Å². The molecule has 25 heavy (non-hydrogen) atoms. The summed E-state index contributed by atoms with van der Waals surface area (Å²) in [7, 11) is 1.58. The number of rotatable bonds is 14. The number of hydrogen-bond acceptors (Lipinski definition) is 3. The maximum Gasteiger partial charge on any atom is 0.224 e. The Kier molecular flexibility index (Phi) is 11.6. The molecule has 0 unspecified atom stereocenters. The molecule has 0 aliphatic carbocycles. The number of benzene rings is 1. The van der Waals surface area contributed by atoms with Gasteiger partial charge in [-0.1, -0.05) is 71.1 Å². The van der Waals surface area contributed by atoms with Crippen LogP contribution in [0.3, 0.4) is 0 Å². The average molecular weight is 349 g/mol. The Morgan fingerprint density at radius 1 is 0.960 bits per heavy atom. The van der Waals surface area contributed by atoms with Gasteiger partial charge >= 0.3 is 0 Å². The van der Waals surface area contributed by atoms with Crippen LogP contribution in [0.4, 0.5) is 11.4 Å². The van der Waals surface area contributed by atoms with Crippen LogP contribution >= 0.6 is 0 Å². The van der Waals surface area contributed by atoms with Gasteiger partial charge in [0, 0.05) is 12.1 Å². The zero-order valence-corrected chi connectivity index (χ0v) is 16.1. The quantitative estimate of drug-likeness (QED) is 0.324. The average Bonchev–Trinajstić information content (AvgIpc) is 2.60. The minimum atomic E-state index is 0.0560. The molecular formula is C21H36N2O2. The van der Waals surface area contributed by atoms with Crippen LogP contribution in [-0.2, 0) is 4.79 Å². The lowest BCUT2D eigenvalue weighted by atomic mass is 10.1. The Labute approximate surface area is 153 Å². The van der Waals surface area contributed by atoms with Gasteiger partial charge in [-0.05, 0) is 24.6 Å². The fourth-order valence-electron chi connectivity index (χ4n) is 2.99. The van der Waals surface area contributed by atoms with E-state index in [2.05, 4.69) is 12.2 Å². The molecule has 0 saturated carbocycles. The van der Waals surface area contributed by atoms with Crippen LogP contribution in [0, 0.1) is 0 Å². The van der Waals surface area contributed by atoms with Crippen LogP contribution in [0.1, 0.15) is 84.0 Å². The number of hydrogen-bond donors (Lipinski definition) is 2. The highest BCUT2D eigenvalue weighted by Crippen LogP contribution is 2.24. The van der Waals surface area contributed by atoms with Gasteiger partial charge < -0.3 is 15.8 Å². The van der Waals surface area contributed by atoms with Crippen molar-refractivity contribution in [2.75, 3.05) is 18.2 Å². The molecule has 0 atom stereocenters. The lowest BCUT2D eigenvalue weighted by Crippen LogP contribution is -2.11. The molecule has 4 nitrogen and oxygen atoms in total. The zero-order chi connectivity index (χ0) is 18.3. The first-order chi connectivity index (χ1) is 12.2. The number of nitrogens with one attached hydrogen (secondary N) is 1. The minimum absolute atomic E-state index is 0.0560. The SMILES string of the molecule is CCCCCCCCCCCCCC(=O)Nc1ccc(OC)c(N)c1. The van der Waals surface area contributed by atoms with E-state index in [1.54, 1.807) is 19.2 Å². The monoisotopic (exact) mass is 348 g/mol. The van der Waals surface area contributed by atoms with E-state index in [9.17, 15) is 4.79 Å². The van der Waals surface area contributed by atoms with Gasteiger partial charge in [-0.15, -0.1) is 0 Å². The van der Waals surface area contributed by atoms with Crippen molar-refractivity contribution in [1.82, 2.24) is 0 Å². The first-order valence-corrected chi connectivity index (χ1v) is 9.90. The van der Waals surface area contributed by atoms with E-state index in [-0.39, 0.29) is 5.91 Å². The van der Waals surface area contributed by atoms with E-state index in [1.165, 1.54) is 57.8 Å². The van der Waals surface area contributed by atoms with Crippen molar-refractivity contribution in [2.24, 2.45) is 0 Å². The number of ether oxygens (including phenoxy) is 1. The number of anilines is 2. The molecule has 1 aromatic carbocycles. The van der Waals surface area contributed by atoms with Crippen LogP contribution in [0.5, 0.6) is 5.75 Å². The summed E-state index contributed by atoms with van der Waals surface area (Å²) in [5.74, 6) is 0.684. The molecule has 4 heteroatoms. The van der Waals surface area contributed by atoms with Gasteiger partial charge in [0.1, 0.15) is 5.75 Å². The molecule has 0 heterocycles. The second kappa shape index (κ2) is 13.6. The molecule has 0 spiro atoms. The van der Waals surface area contributed by atoms with Crippen LogP contribution in [0.15, 0.2) is 18.2 Å². The third-order valence-corrected chi connectivity index (χ3v) is 4.52. The van der Waals surface area contributed by atoms with Crippen molar-refractivity contribution in [3.05, 3.63) is 18.2 Å². The standard InChI is InChI=1S/C21H36N2O2/c1-3-4-5-6-7-8-9-10-11-12-13-14-21(24)23-18-15-16-20(25-2)19(22)17-18/h15-17H,3-14,22H2,1-2H3,(H,23,24). The summed E-state index contributed by atoms with van der Waals surface area (Å²) < 4.78 is 5.11. The third kappa shape index (κ3) is 10.0. The number of carbonyl (C=O) groups excluding carboxylic acids is 1. The number of carbonyl (C=O) groups is 1. The van der Waals surface area contributed by atoms with Gasteiger partial charge in [-0.3, -0.25) is 4.79 Å². The Hall–Kier alpha value is -1.71. The number of nitrogens with two attached hydrogens (primary N) is 1. The molecule has 0 aliphatic heterocycles. The van der Waals surface area contributed by atoms with E-state index < -0.39 is 0 Å². The second-order valence-corrected chi connectivity index (χ2v) is 6.79. The fourth-order valence-corrected chi connectivity index (χ4v) is 2.99. The highest BCUT2D eigenvalue weighted by atomic mass is 16.5. The van der Waals surface area contributed by atoms with Gasteiger partial charge in [-0.25, -0.2) is 0 Å². The molecule has 1 aromatic rings. The summed E-state index contributed by atoms with van der Waals surface area (Å²) in [5, 5.41) is 2.90. The van der Waals surface area contributed by atoms with E-state index in [0.717, 1.165) is 18.5 Å². The smallest absolute Gasteiger partial charge is 0.224 e. The predicted molar refractivity (Wildman–Crippen MR) is 107 cm³/mol. The lowest BCUT2D eigenvalue weighted by molar-refractivity contribution is -0.116.